The van der Waals surface area contributed by atoms with E-state index in [0.717, 1.165) is 49.7 Å². The molecule has 0 saturated carbocycles. The van der Waals surface area contributed by atoms with E-state index >= 15 is 0 Å². The summed E-state index contributed by atoms with van der Waals surface area (Å²) in [6.45, 7) is 8.52. The molecule has 0 aromatic heterocycles. The Morgan fingerprint density at radius 3 is 2.09 bits per heavy atom. The van der Waals surface area contributed by atoms with E-state index in [0.29, 0.717) is 35.3 Å². The van der Waals surface area contributed by atoms with Crippen molar-refractivity contribution in [2.24, 2.45) is 0 Å². The van der Waals surface area contributed by atoms with Crippen LogP contribution in [0.25, 0.3) is 16.6 Å². The number of nitrogens with zero attached hydrogens (tertiary/aromatic N) is 1. The van der Waals surface area contributed by atoms with E-state index in [9.17, 15) is 0 Å². The minimum atomic E-state index is 0.278. The predicted octanol–water partition coefficient (Wildman–Crippen LogP) is 5.84. The van der Waals surface area contributed by atoms with Gasteiger partial charge in [0.15, 0.2) is 28.7 Å². The molecule has 0 aliphatic heterocycles. The van der Waals surface area contributed by atoms with Gasteiger partial charge in [-0.05, 0) is 54.3 Å². The average molecular weight is 440 g/mol. The molecular weight excluding hydrogens is 406 g/mol. The predicted molar refractivity (Wildman–Crippen MR) is 127 cm³/mol. The van der Waals surface area contributed by atoms with Gasteiger partial charge in [-0.25, -0.2) is 4.85 Å². The van der Waals surface area contributed by atoms with Crippen LogP contribution in [0.1, 0.15) is 49.7 Å². The second-order valence-electron chi connectivity index (χ2n) is 7.31. The van der Waals surface area contributed by atoms with Crippen LogP contribution in [0, 0.1) is 6.57 Å². The van der Waals surface area contributed by atoms with E-state index in [1.165, 1.54) is 0 Å². The first-order valence-electron chi connectivity index (χ1n) is 10.9. The Balaban J connectivity index is 2.04. The molecule has 6 nitrogen and oxygen atoms in total. The Labute approximate surface area is 191 Å². The van der Waals surface area contributed by atoms with Crippen LogP contribution in [-0.2, 0) is 0 Å². The van der Waals surface area contributed by atoms with Crippen molar-refractivity contribution in [3.05, 3.63) is 58.9 Å². The molecule has 0 heterocycles. The molecule has 0 aliphatic carbocycles. The first kappa shape index (κ1) is 25.1. The standard InChI is InChI=1S/C26H33NO5/c1-27-22(21-12-14-23(29-2)26(19-21)31-4)17-20-11-13-24(25(18-20)30-3)32-16-10-8-6-5-7-9-15-28/h11-14,17-19,28H,5-10,15-16H2,2-4H3. The van der Waals surface area contributed by atoms with Crippen LogP contribution >= 0.6 is 0 Å². The maximum Gasteiger partial charge on any atom is 0.195 e. The molecular formula is C26H33NO5. The summed E-state index contributed by atoms with van der Waals surface area (Å²) < 4.78 is 22.0. The van der Waals surface area contributed by atoms with Crippen molar-refractivity contribution in [2.45, 2.75) is 38.5 Å². The number of aliphatic hydroxyl groups excluding tert-OH is 1. The fourth-order valence-corrected chi connectivity index (χ4v) is 3.33. The number of unbranched alkanes of at least 4 members (excludes halogenated alkanes) is 5. The van der Waals surface area contributed by atoms with Crippen molar-refractivity contribution in [1.29, 1.82) is 0 Å². The molecule has 0 radical (unpaired) electrons. The van der Waals surface area contributed by atoms with Gasteiger partial charge >= 0.3 is 0 Å². The number of ether oxygens (including phenoxy) is 4. The molecule has 0 unspecified atom stereocenters. The molecule has 0 saturated heterocycles. The van der Waals surface area contributed by atoms with Gasteiger partial charge in [-0.2, -0.15) is 0 Å². The molecule has 0 fully saturated rings. The summed E-state index contributed by atoms with van der Waals surface area (Å²) in [7, 11) is 4.77. The lowest BCUT2D eigenvalue weighted by molar-refractivity contribution is 0.277. The first-order valence-corrected chi connectivity index (χ1v) is 10.9. The smallest absolute Gasteiger partial charge is 0.195 e. The highest BCUT2D eigenvalue weighted by Gasteiger charge is 2.10. The SMILES string of the molecule is [C-]#[N+]C(=Cc1ccc(OCCCCCCCCO)c(OC)c1)c1ccc(OC)c(OC)c1. The number of aliphatic hydroxyl groups is 1. The van der Waals surface area contributed by atoms with Gasteiger partial charge < -0.3 is 24.1 Å². The van der Waals surface area contributed by atoms with Crippen LogP contribution < -0.4 is 18.9 Å². The lowest BCUT2D eigenvalue weighted by Crippen LogP contribution is -1.99. The monoisotopic (exact) mass is 439 g/mol. The number of benzene rings is 2. The summed E-state index contributed by atoms with van der Waals surface area (Å²) in [5.74, 6) is 2.53. The summed E-state index contributed by atoms with van der Waals surface area (Å²) in [6, 6.07) is 11.1. The number of rotatable bonds is 14. The normalized spacial score (nSPS) is 11.0. The van der Waals surface area contributed by atoms with Crippen LogP contribution in [0.3, 0.4) is 0 Å². The molecule has 0 spiro atoms. The maximum absolute atomic E-state index is 8.80. The van der Waals surface area contributed by atoms with Crippen LogP contribution in [0.4, 0.5) is 0 Å². The average Bonchev–Trinajstić information content (AvgIpc) is 2.84. The molecule has 1 N–H and O–H groups in total. The highest BCUT2D eigenvalue weighted by molar-refractivity contribution is 5.86. The first-order chi connectivity index (χ1) is 15.7. The number of hydrogen-bond acceptors (Lipinski definition) is 5. The minimum absolute atomic E-state index is 0.278. The molecule has 0 bridgehead atoms. The van der Waals surface area contributed by atoms with Crippen LogP contribution in [0.15, 0.2) is 36.4 Å². The Morgan fingerprint density at radius 2 is 1.44 bits per heavy atom. The fourth-order valence-electron chi connectivity index (χ4n) is 3.33. The Morgan fingerprint density at radius 1 is 0.812 bits per heavy atom. The summed E-state index contributed by atoms with van der Waals surface area (Å²) in [4.78, 5) is 3.69. The summed E-state index contributed by atoms with van der Waals surface area (Å²) in [5.41, 5.74) is 2.08. The van der Waals surface area contributed by atoms with E-state index in [4.69, 9.17) is 30.6 Å². The highest BCUT2D eigenvalue weighted by atomic mass is 16.5. The number of methoxy groups -OCH3 is 3. The Kier molecular flexibility index (Phi) is 11.0. The van der Waals surface area contributed by atoms with Crippen LogP contribution in [0.2, 0.25) is 0 Å². The zero-order chi connectivity index (χ0) is 23.2. The van der Waals surface area contributed by atoms with E-state index in [-0.39, 0.29) is 6.61 Å². The largest absolute Gasteiger partial charge is 0.493 e. The molecule has 2 aromatic rings. The van der Waals surface area contributed by atoms with Gasteiger partial charge in [0.2, 0.25) is 0 Å². The molecule has 0 amide bonds. The zero-order valence-electron chi connectivity index (χ0n) is 19.2. The second-order valence-corrected chi connectivity index (χ2v) is 7.31. The van der Waals surface area contributed by atoms with Crippen molar-refractivity contribution in [2.75, 3.05) is 34.5 Å². The van der Waals surface area contributed by atoms with Gasteiger partial charge in [-0.15, -0.1) is 0 Å². The summed E-state index contributed by atoms with van der Waals surface area (Å²) in [5, 5.41) is 8.80. The van der Waals surface area contributed by atoms with Gasteiger partial charge in [0.1, 0.15) is 0 Å². The second kappa shape index (κ2) is 14.0. The van der Waals surface area contributed by atoms with Crippen molar-refractivity contribution in [1.82, 2.24) is 0 Å². The third-order valence-corrected chi connectivity index (χ3v) is 5.10. The summed E-state index contributed by atoms with van der Waals surface area (Å²) >= 11 is 0. The van der Waals surface area contributed by atoms with Crippen molar-refractivity contribution < 1.29 is 24.1 Å². The van der Waals surface area contributed by atoms with Crippen molar-refractivity contribution >= 4 is 11.8 Å². The minimum Gasteiger partial charge on any atom is -0.493 e. The number of hydrogen-bond donors (Lipinski definition) is 1. The van der Waals surface area contributed by atoms with E-state index < -0.39 is 0 Å². The summed E-state index contributed by atoms with van der Waals surface area (Å²) in [6.07, 6.45) is 8.16. The fraction of sp³-hybridized carbons (Fsp3) is 0.423. The molecule has 172 valence electrons. The molecule has 0 aliphatic rings. The Bertz CT molecular complexity index is 917. The quantitative estimate of drug-likeness (QED) is 0.228. The molecule has 6 heteroatoms. The Hall–Kier alpha value is -3.17. The van der Waals surface area contributed by atoms with Gasteiger partial charge in [-0.1, -0.05) is 37.8 Å². The van der Waals surface area contributed by atoms with E-state index in [1.54, 1.807) is 33.5 Å². The molecule has 2 aromatic carbocycles. The zero-order valence-corrected chi connectivity index (χ0v) is 19.2. The third-order valence-electron chi connectivity index (χ3n) is 5.10. The van der Waals surface area contributed by atoms with Gasteiger partial charge in [-0.3, -0.25) is 0 Å². The topological polar surface area (TPSA) is 61.5 Å². The maximum atomic E-state index is 8.80. The van der Waals surface area contributed by atoms with E-state index in [1.807, 2.05) is 30.3 Å². The van der Waals surface area contributed by atoms with Gasteiger partial charge in [0.05, 0.1) is 34.5 Å². The molecule has 0 atom stereocenters. The van der Waals surface area contributed by atoms with Crippen molar-refractivity contribution in [3.8, 4) is 23.0 Å². The lowest BCUT2D eigenvalue weighted by Gasteiger charge is -2.12. The van der Waals surface area contributed by atoms with Crippen LogP contribution in [-0.4, -0.2) is 39.6 Å². The lowest BCUT2D eigenvalue weighted by atomic mass is 10.1. The third kappa shape index (κ3) is 7.51. The van der Waals surface area contributed by atoms with Gasteiger partial charge in [0.25, 0.3) is 0 Å². The highest BCUT2D eigenvalue weighted by Crippen LogP contribution is 2.33. The van der Waals surface area contributed by atoms with E-state index in [2.05, 4.69) is 4.85 Å². The van der Waals surface area contributed by atoms with Crippen LogP contribution in [0.5, 0.6) is 23.0 Å². The van der Waals surface area contributed by atoms with Gasteiger partial charge in [0, 0.05) is 6.61 Å². The molecule has 32 heavy (non-hydrogen) atoms. The van der Waals surface area contributed by atoms with Crippen molar-refractivity contribution in [3.63, 3.8) is 0 Å². The molecule has 2 rings (SSSR count).